The number of carbonyl (C=O) groups is 1. The lowest BCUT2D eigenvalue weighted by molar-refractivity contribution is 0.0949. The van der Waals surface area contributed by atoms with E-state index < -0.39 is 34.4 Å². The molecule has 10 heteroatoms. The van der Waals surface area contributed by atoms with Gasteiger partial charge in [0.2, 0.25) is 5.43 Å². The second-order valence-corrected chi connectivity index (χ2v) is 10.5. The smallest absolute Gasteiger partial charge is 0.263 e. The summed E-state index contributed by atoms with van der Waals surface area (Å²) < 4.78 is 54.4. The van der Waals surface area contributed by atoms with E-state index in [1.807, 2.05) is 0 Å². The highest BCUT2D eigenvalue weighted by molar-refractivity contribution is 7.84. The molecule has 1 unspecified atom stereocenters. The molecule has 1 aromatic heterocycles. The van der Waals surface area contributed by atoms with E-state index in [1.165, 1.54) is 42.6 Å². The molecular formula is C30H24F3N3O3S. The van der Waals surface area contributed by atoms with Crippen molar-refractivity contribution in [3.63, 3.8) is 0 Å². The Morgan fingerprint density at radius 1 is 1.07 bits per heavy atom. The van der Waals surface area contributed by atoms with Gasteiger partial charge in [-0.25, -0.2) is 13.2 Å². The first-order chi connectivity index (χ1) is 19.1. The van der Waals surface area contributed by atoms with Gasteiger partial charge in [0.05, 0.1) is 5.56 Å². The molecule has 0 saturated carbocycles. The predicted molar refractivity (Wildman–Crippen MR) is 146 cm³/mol. The summed E-state index contributed by atoms with van der Waals surface area (Å²) in [5, 5.41) is 11.7. The van der Waals surface area contributed by atoms with Crippen molar-refractivity contribution in [2.24, 2.45) is 0 Å². The zero-order valence-electron chi connectivity index (χ0n) is 21.6. The maximum Gasteiger partial charge on any atom is 0.263 e. The lowest BCUT2D eigenvalue weighted by Crippen LogP contribution is -2.31. The van der Waals surface area contributed by atoms with Crippen molar-refractivity contribution in [1.29, 1.82) is 5.26 Å². The molecule has 1 atom stereocenters. The van der Waals surface area contributed by atoms with Crippen LogP contribution in [-0.4, -0.2) is 20.9 Å². The Labute approximate surface area is 231 Å². The van der Waals surface area contributed by atoms with Gasteiger partial charge in [-0.05, 0) is 53.9 Å². The Morgan fingerprint density at radius 2 is 1.77 bits per heavy atom. The maximum absolute atomic E-state index is 14.3. The highest BCUT2D eigenvalue weighted by atomic mass is 32.2. The van der Waals surface area contributed by atoms with E-state index in [4.69, 9.17) is 5.26 Å². The number of carbonyl (C=O) groups excluding carboxylic acids is 1. The van der Waals surface area contributed by atoms with Gasteiger partial charge in [-0.3, -0.25) is 13.8 Å². The summed E-state index contributed by atoms with van der Waals surface area (Å²) in [4.78, 5) is 27.5. The van der Waals surface area contributed by atoms with Gasteiger partial charge in [0, 0.05) is 58.1 Å². The quantitative estimate of drug-likeness (QED) is 0.307. The molecule has 0 bridgehead atoms. The minimum atomic E-state index is -2.76. The molecule has 40 heavy (non-hydrogen) atoms. The number of nitrogens with one attached hydrogen (secondary N) is 1. The van der Waals surface area contributed by atoms with Crippen molar-refractivity contribution in [1.82, 2.24) is 9.88 Å². The Hall–Kier alpha value is -4.49. The minimum Gasteiger partial charge on any atom is -0.348 e. The van der Waals surface area contributed by atoms with Crippen molar-refractivity contribution >= 4 is 16.7 Å². The van der Waals surface area contributed by atoms with E-state index >= 15 is 0 Å². The molecule has 0 saturated heterocycles. The third-order valence-corrected chi connectivity index (χ3v) is 7.37. The monoisotopic (exact) mass is 563 g/mol. The number of aromatic nitrogens is 1. The van der Waals surface area contributed by atoms with Crippen molar-refractivity contribution in [3.05, 3.63) is 122 Å². The SMILES string of the molecule is Cc1c(-c2cccc(C(F)F)c2)c(=O)c(C(=O)NCc2ccc(S(C)=O)cc2)cn1Cc1ccc(C#N)c(F)c1. The van der Waals surface area contributed by atoms with Crippen LogP contribution in [0.15, 0.2) is 82.6 Å². The highest BCUT2D eigenvalue weighted by Crippen LogP contribution is 2.27. The fourth-order valence-electron chi connectivity index (χ4n) is 4.27. The first-order valence-corrected chi connectivity index (χ1v) is 13.7. The largest absolute Gasteiger partial charge is 0.348 e. The Bertz CT molecular complexity index is 1710. The fraction of sp³-hybridized carbons (Fsp3) is 0.167. The highest BCUT2D eigenvalue weighted by Gasteiger charge is 2.21. The van der Waals surface area contributed by atoms with Gasteiger partial charge < -0.3 is 9.88 Å². The summed E-state index contributed by atoms with van der Waals surface area (Å²) in [5.41, 5.74) is 0.608. The molecule has 4 rings (SSSR count). The van der Waals surface area contributed by atoms with Crippen molar-refractivity contribution in [3.8, 4) is 17.2 Å². The number of nitrogens with zero attached hydrogens (tertiary/aromatic N) is 2. The molecule has 0 spiro atoms. The van der Waals surface area contributed by atoms with Crippen LogP contribution in [0.5, 0.6) is 0 Å². The number of benzene rings is 3. The molecule has 1 N–H and O–H groups in total. The summed E-state index contributed by atoms with van der Waals surface area (Å²) in [5.74, 6) is -1.39. The van der Waals surface area contributed by atoms with Gasteiger partial charge in [0.15, 0.2) is 0 Å². The van der Waals surface area contributed by atoms with Crippen LogP contribution in [0, 0.1) is 24.1 Å². The summed E-state index contributed by atoms with van der Waals surface area (Å²) in [7, 11) is -1.15. The Morgan fingerprint density at radius 3 is 2.40 bits per heavy atom. The van der Waals surface area contributed by atoms with Crippen LogP contribution in [0.1, 0.15) is 44.7 Å². The molecule has 6 nitrogen and oxygen atoms in total. The number of alkyl halides is 2. The molecule has 1 heterocycles. The predicted octanol–water partition coefficient (Wildman–Crippen LogP) is 5.49. The van der Waals surface area contributed by atoms with E-state index in [-0.39, 0.29) is 40.9 Å². The van der Waals surface area contributed by atoms with Crippen LogP contribution in [0.25, 0.3) is 11.1 Å². The second-order valence-electron chi connectivity index (χ2n) is 9.09. The van der Waals surface area contributed by atoms with Gasteiger partial charge in [0.25, 0.3) is 12.3 Å². The van der Waals surface area contributed by atoms with E-state index in [1.54, 1.807) is 54.1 Å². The van der Waals surface area contributed by atoms with E-state index in [9.17, 15) is 27.0 Å². The van der Waals surface area contributed by atoms with Crippen molar-refractivity contribution in [2.45, 2.75) is 31.3 Å². The topological polar surface area (TPSA) is 92.0 Å². The maximum atomic E-state index is 14.3. The van der Waals surface area contributed by atoms with Gasteiger partial charge in [0.1, 0.15) is 17.4 Å². The summed E-state index contributed by atoms with van der Waals surface area (Å²) in [6.07, 6.45) is 0.152. The Balaban J connectivity index is 1.76. The van der Waals surface area contributed by atoms with Gasteiger partial charge in [-0.2, -0.15) is 5.26 Å². The second kappa shape index (κ2) is 12.1. The lowest BCUT2D eigenvalue weighted by atomic mass is 9.98. The van der Waals surface area contributed by atoms with Crippen LogP contribution in [0.3, 0.4) is 0 Å². The van der Waals surface area contributed by atoms with Crippen LogP contribution in [0.2, 0.25) is 0 Å². The third kappa shape index (κ3) is 6.21. The molecule has 204 valence electrons. The van der Waals surface area contributed by atoms with Crippen LogP contribution >= 0.6 is 0 Å². The molecule has 3 aromatic carbocycles. The normalized spacial score (nSPS) is 11.7. The van der Waals surface area contributed by atoms with Gasteiger partial charge in [-0.1, -0.05) is 36.4 Å². The van der Waals surface area contributed by atoms with E-state index in [0.717, 1.165) is 0 Å². The fourth-order valence-corrected chi connectivity index (χ4v) is 4.79. The van der Waals surface area contributed by atoms with Crippen molar-refractivity contribution in [2.75, 3.05) is 6.26 Å². The number of rotatable bonds is 8. The Kier molecular flexibility index (Phi) is 8.65. The number of pyridine rings is 1. The number of nitriles is 1. The molecule has 0 aliphatic carbocycles. The van der Waals surface area contributed by atoms with E-state index in [0.29, 0.717) is 21.7 Å². The number of hydrogen-bond acceptors (Lipinski definition) is 4. The van der Waals surface area contributed by atoms with Crippen LogP contribution in [-0.2, 0) is 23.9 Å². The van der Waals surface area contributed by atoms with E-state index in [2.05, 4.69) is 5.32 Å². The van der Waals surface area contributed by atoms with Gasteiger partial charge >= 0.3 is 0 Å². The molecule has 0 aliphatic heterocycles. The first-order valence-electron chi connectivity index (χ1n) is 12.1. The minimum absolute atomic E-state index is 0.0478. The first kappa shape index (κ1) is 28.5. The molecule has 1 amide bonds. The third-order valence-electron chi connectivity index (χ3n) is 6.44. The number of halogens is 3. The van der Waals surface area contributed by atoms with Crippen molar-refractivity contribution < 1.29 is 22.2 Å². The number of hydrogen-bond donors (Lipinski definition) is 1. The average Bonchev–Trinajstić information content (AvgIpc) is 2.93. The molecule has 0 radical (unpaired) electrons. The van der Waals surface area contributed by atoms with Crippen LogP contribution < -0.4 is 10.7 Å². The zero-order valence-corrected chi connectivity index (χ0v) is 22.4. The summed E-state index contributed by atoms with van der Waals surface area (Å²) in [6.45, 7) is 1.75. The average molecular weight is 564 g/mol. The lowest BCUT2D eigenvalue weighted by Gasteiger charge is -2.18. The standard InChI is InChI=1S/C30H24F3N3O3S/c1-18-27(21-4-3-5-22(13-21)29(32)33)28(37)25(17-36(18)16-20-6-9-23(14-34)26(31)12-20)30(38)35-15-19-7-10-24(11-8-19)40(2)39/h3-13,17,29H,15-16H2,1-2H3,(H,35,38). The number of amides is 1. The van der Waals surface area contributed by atoms with Gasteiger partial charge in [-0.15, -0.1) is 0 Å². The van der Waals surface area contributed by atoms with Crippen LogP contribution in [0.4, 0.5) is 13.2 Å². The summed E-state index contributed by atoms with van der Waals surface area (Å²) >= 11 is 0. The zero-order chi connectivity index (χ0) is 29.0. The molecule has 4 aromatic rings. The molecular weight excluding hydrogens is 539 g/mol. The molecule has 0 aliphatic rings. The summed E-state index contributed by atoms with van der Waals surface area (Å²) in [6, 6.07) is 18.0. The molecule has 0 fully saturated rings.